The number of hydrogen-bond donors (Lipinski definition) is 0. The minimum atomic E-state index is -4.51. The SMILES string of the molecule is CC(C)C(CBr)Cn1c(C(F)(F)F)cccc1=O. The van der Waals surface area contributed by atoms with Crippen LogP contribution in [0.25, 0.3) is 0 Å². The average Bonchev–Trinajstić information content (AvgIpc) is 2.25. The lowest BCUT2D eigenvalue weighted by Crippen LogP contribution is -2.31. The van der Waals surface area contributed by atoms with E-state index < -0.39 is 17.4 Å². The molecule has 1 atom stereocenters. The number of hydrogen-bond acceptors (Lipinski definition) is 1. The van der Waals surface area contributed by atoms with Gasteiger partial charge in [0.15, 0.2) is 0 Å². The van der Waals surface area contributed by atoms with E-state index in [1.807, 2.05) is 13.8 Å². The molecule has 1 rings (SSSR count). The molecule has 0 aliphatic rings. The van der Waals surface area contributed by atoms with Gasteiger partial charge in [-0.25, -0.2) is 0 Å². The van der Waals surface area contributed by atoms with Crippen LogP contribution in [0.15, 0.2) is 23.0 Å². The molecule has 0 amide bonds. The van der Waals surface area contributed by atoms with Gasteiger partial charge >= 0.3 is 6.18 Å². The summed E-state index contributed by atoms with van der Waals surface area (Å²) in [5.74, 6) is 0.170. The molecular formula is C12H15BrF3NO. The number of pyridine rings is 1. The molecule has 6 heteroatoms. The highest BCUT2D eigenvalue weighted by molar-refractivity contribution is 9.09. The predicted molar refractivity (Wildman–Crippen MR) is 67.8 cm³/mol. The van der Waals surface area contributed by atoms with Crippen molar-refractivity contribution in [1.82, 2.24) is 4.57 Å². The second kappa shape index (κ2) is 5.91. The van der Waals surface area contributed by atoms with Crippen molar-refractivity contribution in [3.63, 3.8) is 0 Å². The van der Waals surface area contributed by atoms with E-state index in [-0.39, 0.29) is 18.4 Å². The molecule has 1 heterocycles. The van der Waals surface area contributed by atoms with E-state index in [9.17, 15) is 18.0 Å². The summed E-state index contributed by atoms with van der Waals surface area (Å²) >= 11 is 3.28. The van der Waals surface area contributed by atoms with Crippen molar-refractivity contribution in [2.75, 3.05) is 5.33 Å². The topological polar surface area (TPSA) is 22.0 Å². The van der Waals surface area contributed by atoms with Crippen LogP contribution in [0.3, 0.4) is 0 Å². The van der Waals surface area contributed by atoms with Crippen LogP contribution in [0, 0.1) is 11.8 Å². The Labute approximate surface area is 112 Å². The molecule has 0 aliphatic heterocycles. The molecule has 2 nitrogen and oxygen atoms in total. The molecule has 0 saturated heterocycles. The van der Waals surface area contributed by atoms with Crippen LogP contribution in [0.5, 0.6) is 0 Å². The van der Waals surface area contributed by atoms with Crippen LogP contribution in [0.1, 0.15) is 19.5 Å². The molecule has 0 saturated carbocycles. The normalized spacial score (nSPS) is 13.9. The molecule has 0 N–H and O–H groups in total. The highest BCUT2D eigenvalue weighted by Crippen LogP contribution is 2.29. The third-order valence-corrected chi connectivity index (χ3v) is 3.73. The second-order valence-corrected chi connectivity index (χ2v) is 5.16. The molecule has 102 valence electrons. The molecule has 18 heavy (non-hydrogen) atoms. The van der Waals surface area contributed by atoms with Crippen molar-refractivity contribution in [3.8, 4) is 0 Å². The first-order valence-corrected chi connectivity index (χ1v) is 6.72. The van der Waals surface area contributed by atoms with E-state index in [2.05, 4.69) is 15.9 Å². The predicted octanol–water partition coefficient (Wildman–Crippen LogP) is 3.53. The lowest BCUT2D eigenvalue weighted by Gasteiger charge is -2.22. The molecular weight excluding hydrogens is 311 g/mol. The summed E-state index contributed by atoms with van der Waals surface area (Å²) in [6.45, 7) is 3.91. The summed E-state index contributed by atoms with van der Waals surface area (Å²) in [6.07, 6.45) is -4.51. The lowest BCUT2D eigenvalue weighted by atomic mass is 9.98. The first-order chi connectivity index (χ1) is 8.27. The van der Waals surface area contributed by atoms with Crippen LogP contribution < -0.4 is 5.56 Å². The Bertz CT molecular complexity index is 453. The van der Waals surface area contributed by atoms with Crippen molar-refractivity contribution in [3.05, 3.63) is 34.2 Å². The van der Waals surface area contributed by atoms with Gasteiger partial charge in [0.25, 0.3) is 5.56 Å². The third-order valence-electron chi connectivity index (χ3n) is 2.90. The summed E-state index contributed by atoms with van der Waals surface area (Å²) in [7, 11) is 0. The van der Waals surface area contributed by atoms with E-state index in [4.69, 9.17) is 0 Å². The minimum Gasteiger partial charge on any atom is -0.304 e. The molecule has 1 unspecified atom stereocenters. The zero-order chi connectivity index (χ0) is 13.9. The van der Waals surface area contributed by atoms with Crippen LogP contribution in [-0.4, -0.2) is 9.90 Å². The van der Waals surface area contributed by atoms with Crippen molar-refractivity contribution in [2.24, 2.45) is 11.8 Å². The van der Waals surface area contributed by atoms with E-state index in [0.717, 1.165) is 22.8 Å². The first kappa shape index (κ1) is 15.3. The number of rotatable bonds is 4. The van der Waals surface area contributed by atoms with Gasteiger partial charge in [0, 0.05) is 17.9 Å². The zero-order valence-corrected chi connectivity index (χ0v) is 11.8. The third kappa shape index (κ3) is 3.60. The van der Waals surface area contributed by atoms with Crippen molar-refractivity contribution < 1.29 is 13.2 Å². The smallest absolute Gasteiger partial charge is 0.304 e. The molecule has 0 aliphatic carbocycles. The maximum absolute atomic E-state index is 12.8. The van der Waals surface area contributed by atoms with E-state index in [1.165, 1.54) is 0 Å². The Kier molecular flexibility index (Phi) is 5.01. The maximum atomic E-state index is 12.8. The Morgan fingerprint density at radius 2 is 1.94 bits per heavy atom. The minimum absolute atomic E-state index is 0.0220. The molecule has 0 bridgehead atoms. The summed E-state index contributed by atoms with van der Waals surface area (Å²) in [6, 6.07) is 3.23. The summed E-state index contributed by atoms with van der Waals surface area (Å²) in [5.41, 5.74) is -1.50. The highest BCUT2D eigenvalue weighted by atomic mass is 79.9. The van der Waals surface area contributed by atoms with Gasteiger partial charge in [-0.2, -0.15) is 13.2 Å². The fourth-order valence-corrected chi connectivity index (χ4v) is 2.58. The van der Waals surface area contributed by atoms with Gasteiger partial charge in [-0.05, 0) is 17.9 Å². The first-order valence-electron chi connectivity index (χ1n) is 5.60. The summed E-state index contributed by atoms with van der Waals surface area (Å²) in [5, 5.41) is 0.559. The Balaban J connectivity index is 3.19. The fraction of sp³-hybridized carbons (Fsp3) is 0.583. The Morgan fingerprint density at radius 1 is 1.33 bits per heavy atom. The molecule has 0 fully saturated rings. The molecule has 0 spiro atoms. The van der Waals surface area contributed by atoms with Crippen molar-refractivity contribution in [1.29, 1.82) is 0 Å². The average molecular weight is 326 g/mol. The summed E-state index contributed by atoms with van der Waals surface area (Å²) < 4.78 is 39.2. The van der Waals surface area contributed by atoms with Gasteiger partial charge in [-0.1, -0.05) is 35.8 Å². The van der Waals surface area contributed by atoms with Gasteiger partial charge in [0.05, 0.1) is 0 Å². The largest absolute Gasteiger partial charge is 0.431 e. The van der Waals surface area contributed by atoms with Crippen molar-refractivity contribution >= 4 is 15.9 Å². The Morgan fingerprint density at radius 3 is 2.39 bits per heavy atom. The van der Waals surface area contributed by atoms with E-state index >= 15 is 0 Å². The second-order valence-electron chi connectivity index (χ2n) is 4.52. The molecule has 0 aromatic carbocycles. The number of halogens is 4. The molecule has 0 radical (unpaired) electrons. The summed E-state index contributed by atoms with van der Waals surface area (Å²) in [4.78, 5) is 11.6. The van der Waals surface area contributed by atoms with Crippen LogP contribution in [-0.2, 0) is 12.7 Å². The van der Waals surface area contributed by atoms with Crippen LogP contribution in [0.2, 0.25) is 0 Å². The highest BCUT2D eigenvalue weighted by Gasteiger charge is 2.34. The monoisotopic (exact) mass is 325 g/mol. The van der Waals surface area contributed by atoms with Gasteiger partial charge < -0.3 is 4.57 Å². The van der Waals surface area contributed by atoms with Crippen molar-refractivity contribution in [2.45, 2.75) is 26.6 Å². The van der Waals surface area contributed by atoms with Gasteiger partial charge in [-0.15, -0.1) is 0 Å². The van der Waals surface area contributed by atoms with Crippen LogP contribution >= 0.6 is 15.9 Å². The van der Waals surface area contributed by atoms with Gasteiger partial charge in [-0.3, -0.25) is 4.79 Å². The van der Waals surface area contributed by atoms with E-state index in [0.29, 0.717) is 5.33 Å². The maximum Gasteiger partial charge on any atom is 0.431 e. The van der Waals surface area contributed by atoms with Gasteiger partial charge in [0.1, 0.15) is 5.69 Å². The standard InChI is InChI=1S/C12H15BrF3NO/c1-8(2)9(6-13)7-17-10(12(14,15)16)4-3-5-11(17)18/h3-5,8-9H,6-7H2,1-2H3. The molecule has 1 aromatic heterocycles. The van der Waals surface area contributed by atoms with Gasteiger partial charge in [0.2, 0.25) is 0 Å². The lowest BCUT2D eigenvalue weighted by molar-refractivity contribution is -0.144. The van der Waals surface area contributed by atoms with Crippen LogP contribution in [0.4, 0.5) is 13.2 Å². The number of alkyl halides is 4. The Hall–Kier alpha value is -0.780. The number of nitrogens with zero attached hydrogens (tertiary/aromatic N) is 1. The quantitative estimate of drug-likeness (QED) is 0.776. The molecule has 1 aromatic rings. The fourth-order valence-electron chi connectivity index (χ4n) is 1.63. The zero-order valence-electron chi connectivity index (χ0n) is 10.2. The number of aromatic nitrogens is 1. The van der Waals surface area contributed by atoms with E-state index in [1.54, 1.807) is 0 Å².